The van der Waals surface area contributed by atoms with Gasteiger partial charge in [-0.25, -0.2) is 4.79 Å². The molecule has 0 saturated carbocycles. The maximum atomic E-state index is 11.5. The number of ether oxygens (including phenoxy) is 1. The van der Waals surface area contributed by atoms with Crippen LogP contribution in [0.1, 0.15) is 24.5 Å². The molecule has 1 N–H and O–H groups in total. The van der Waals surface area contributed by atoms with Crippen molar-refractivity contribution in [1.29, 1.82) is 5.26 Å². The minimum absolute atomic E-state index is 0.326. The van der Waals surface area contributed by atoms with Gasteiger partial charge >= 0.3 is 5.97 Å². The van der Waals surface area contributed by atoms with Gasteiger partial charge in [0, 0.05) is 18.2 Å². The number of aryl methyl sites for hydroxylation is 1. The lowest BCUT2D eigenvalue weighted by Gasteiger charge is -2.28. The minimum atomic E-state index is -0.974. The number of rotatable bonds is 7. The largest absolute Gasteiger partial charge is 0.463 e. The van der Waals surface area contributed by atoms with Gasteiger partial charge in [-0.2, -0.15) is 5.26 Å². The summed E-state index contributed by atoms with van der Waals surface area (Å²) in [5.74, 6) is -0.405. The van der Waals surface area contributed by atoms with Crippen molar-refractivity contribution in [2.75, 3.05) is 11.9 Å². The molecule has 0 aliphatic carbocycles. The highest BCUT2D eigenvalue weighted by atomic mass is 16.5. The fourth-order valence-corrected chi connectivity index (χ4v) is 2.51. The van der Waals surface area contributed by atoms with Crippen LogP contribution in [0.15, 0.2) is 66.7 Å². The van der Waals surface area contributed by atoms with Crippen LogP contribution in [0, 0.1) is 18.3 Å². The molecule has 4 heteroatoms. The first-order valence-corrected chi connectivity index (χ1v) is 8.24. The number of para-hydroxylation sites is 1. The van der Waals surface area contributed by atoms with E-state index in [9.17, 15) is 10.1 Å². The molecule has 0 saturated heterocycles. The molecule has 2 aromatic rings. The van der Waals surface area contributed by atoms with Crippen molar-refractivity contribution < 1.29 is 9.53 Å². The van der Waals surface area contributed by atoms with E-state index in [2.05, 4.69) is 11.4 Å². The third-order valence-electron chi connectivity index (χ3n) is 3.83. The molecule has 25 heavy (non-hydrogen) atoms. The molecule has 0 aliphatic rings. The second kappa shape index (κ2) is 8.70. The number of benzene rings is 2. The van der Waals surface area contributed by atoms with Crippen LogP contribution in [0.4, 0.5) is 5.69 Å². The SMILES string of the molecule is CCOC(=O)/C=C/CC(C#N)(Nc1ccccc1)c1ccc(C)cc1. The van der Waals surface area contributed by atoms with Crippen molar-refractivity contribution in [3.8, 4) is 6.07 Å². The van der Waals surface area contributed by atoms with Crippen molar-refractivity contribution in [1.82, 2.24) is 0 Å². The van der Waals surface area contributed by atoms with Gasteiger partial charge < -0.3 is 10.1 Å². The van der Waals surface area contributed by atoms with Crippen LogP contribution < -0.4 is 5.32 Å². The van der Waals surface area contributed by atoms with Crippen molar-refractivity contribution in [2.24, 2.45) is 0 Å². The zero-order valence-corrected chi connectivity index (χ0v) is 14.5. The molecule has 0 aromatic heterocycles. The minimum Gasteiger partial charge on any atom is -0.463 e. The van der Waals surface area contributed by atoms with Crippen molar-refractivity contribution in [3.63, 3.8) is 0 Å². The van der Waals surface area contributed by atoms with Gasteiger partial charge in [0.05, 0.1) is 12.7 Å². The summed E-state index contributed by atoms with van der Waals surface area (Å²) in [6.07, 6.45) is 3.38. The van der Waals surface area contributed by atoms with Crippen LogP contribution in [-0.2, 0) is 15.1 Å². The first-order chi connectivity index (χ1) is 12.1. The zero-order chi connectivity index (χ0) is 18.1. The molecule has 2 aromatic carbocycles. The van der Waals surface area contributed by atoms with Gasteiger partial charge in [0.1, 0.15) is 0 Å². The molecule has 0 heterocycles. The Kier molecular flexibility index (Phi) is 6.36. The van der Waals surface area contributed by atoms with Gasteiger partial charge in [0.25, 0.3) is 0 Å². The first-order valence-electron chi connectivity index (χ1n) is 8.24. The van der Waals surface area contributed by atoms with Crippen LogP contribution in [0.3, 0.4) is 0 Å². The summed E-state index contributed by atoms with van der Waals surface area (Å²) in [7, 11) is 0. The Morgan fingerprint density at radius 1 is 1.20 bits per heavy atom. The van der Waals surface area contributed by atoms with Gasteiger partial charge in [0.15, 0.2) is 5.54 Å². The molecule has 0 spiro atoms. The smallest absolute Gasteiger partial charge is 0.330 e. The summed E-state index contributed by atoms with van der Waals surface area (Å²) in [6, 6.07) is 19.8. The summed E-state index contributed by atoms with van der Waals surface area (Å²) < 4.78 is 4.90. The molecule has 0 amide bonds. The summed E-state index contributed by atoms with van der Waals surface area (Å²) in [5, 5.41) is 13.3. The molecular weight excluding hydrogens is 312 g/mol. The number of carbonyl (C=O) groups excluding carboxylic acids is 1. The van der Waals surface area contributed by atoms with Crippen molar-refractivity contribution in [3.05, 3.63) is 77.9 Å². The fraction of sp³-hybridized carbons (Fsp3) is 0.238. The number of nitrogens with one attached hydrogen (secondary N) is 1. The fourth-order valence-electron chi connectivity index (χ4n) is 2.51. The third kappa shape index (κ3) is 4.95. The number of nitriles is 1. The molecule has 0 fully saturated rings. The molecule has 4 nitrogen and oxygen atoms in total. The normalized spacial score (nSPS) is 13.0. The lowest BCUT2D eigenvalue weighted by molar-refractivity contribution is -0.137. The number of esters is 1. The predicted molar refractivity (Wildman–Crippen MR) is 98.9 cm³/mol. The third-order valence-corrected chi connectivity index (χ3v) is 3.83. The number of anilines is 1. The quantitative estimate of drug-likeness (QED) is 0.604. The predicted octanol–water partition coefficient (Wildman–Crippen LogP) is 4.34. The summed E-state index contributed by atoms with van der Waals surface area (Å²) >= 11 is 0. The molecule has 2 rings (SSSR count). The molecule has 128 valence electrons. The van der Waals surface area contributed by atoms with Crippen LogP contribution in [0.2, 0.25) is 0 Å². The van der Waals surface area contributed by atoms with Gasteiger partial charge in [-0.3, -0.25) is 0 Å². The van der Waals surface area contributed by atoms with Gasteiger partial charge in [-0.05, 0) is 31.5 Å². The topological polar surface area (TPSA) is 62.1 Å². The van der Waals surface area contributed by atoms with Crippen LogP contribution in [0.5, 0.6) is 0 Å². The Balaban J connectivity index is 2.33. The van der Waals surface area contributed by atoms with E-state index in [0.717, 1.165) is 16.8 Å². The van der Waals surface area contributed by atoms with E-state index in [1.807, 2.05) is 61.5 Å². The summed E-state index contributed by atoms with van der Waals surface area (Å²) in [6.45, 7) is 4.09. The molecular formula is C21H22N2O2. The maximum absolute atomic E-state index is 11.5. The van der Waals surface area contributed by atoms with E-state index in [-0.39, 0.29) is 0 Å². The molecule has 0 bridgehead atoms. The van der Waals surface area contributed by atoms with Crippen LogP contribution in [0.25, 0.3) is 0 Å². The highest BCUT2D eigenvalue weighted by Crippen LogP contribution is 2.30. The number of hydrogen-bond acceptors (Lipinski definition) is 4. The van der Waals surface area contributed by atoms with E-state index in [1.165, 1.54) is 6.08 Å². The molecule has 0 radical (unpaired) electrons. The Labute approximate surface area is 148 Å². The number of hydrogen-bond donors (Lipinski definition) is 1. The van der Waals surface area contributed by atoms with Crippen LogP contribution in [-0.4, -0.2) is 12.6 Å². The Hall–Kier alpha value is -3.06. The highest BCUT2D eigenvalue weighted by Gasteiger charge is 2.31. The van der Waals surface area contributed by atoms with Gasteiger partial charge in [-0.1, -0.05) is 54.1 Å². The van der Waals surface area contributed by atoms with Crippen molar-refractivity contribution >= 4 is 11.7 Å². The maximum Gasteiger partial charge on any atom is 0.330 e. The van der Waals surface area contributed by atoms with E-state index < -0.39 is 11.5 Å². The molecule has 0 aliphatic heterocycles. The monoisotopic (exact) mass is 334 g/mol. The van der Waals surface area contributed by atoms with E-state index in [4.69, 9.17) is 4.74 Å². The van der Waals surface area contributed by atoms with E-state index in [1.54, 1.807) is 13.0 Å². The molecule has 1 atom stereocenters. The highest BCUT2D eigenvalue weighted by molar-refractivity contribution is 5.81. The van der Waals surface area contributed by atoms with E-state index in [0.29, 0.717) is 13.0 Å². The summed E-state index contributed by atoms with van der Waals surface area (Å²) in [5.41, 5.74) is 1.84. The lowest BCUT2D eigenvalue weighted by Crippen LogP contribution is -2.33. The summed E-state index contributed by atoms with van der Waals surface area (Å²) in [4.78, 5) is 11.5. The van der Waals surface area contributed by atoms with Gasteiger partial charge in [0.2, 0.25) is 0 Å². The number of nitrogens with zero attached hydrogens (tertiary/aromatic N) is 1. The average molecular weight is 334 g/mol. The van der Waals surface area contributed by atoms with Crippen molar-refractivity contribution in [2.45, 2.75) is 25.8 Å². The Bertz CT molecular complexity index is 761. The van der Waals surface area contributed by atoms with Crippen LogP contribution >= 0.6 is 0 Å². The van der Waals surface area contributed by atoms with E-state index >= 15 is 0 Å². The molecule has 1 unspecified atom stereocenters. The lowest BCUT2D eigenvalue weighted by atomic mass is 9.87. The Morgan fingerprint density at radius 3 is 2.48 bits per heavy atom. The second-order valence-electron chi connectivity index (χ2n) is 5.73. The first kappa shape index (κ1) is 18.3. The Morgan fingerprint density at radius 2 is 1.88 bits per heavy atom. The average Bonchev–Trinajstić information content (AvgIpc) is 2.62. The van der Waals surface area contributed by atoms with Gasteiger partial charge in [-0.15, -0.1) is 0 Å². The number of carbonyl (C=O) groups is 1. The standard InChI is InChI=1S/C21H22N2O2/c1-3-25-20(24)10-7-15-21(16-22,18-13-11-17(2)12-14-18)23-19-8-5-4-6-9-19/h4-14,23H,3,15H2,1-2H3/b10-7+. The zero-order valence-electron chi connectivity index (χ0n) is 14.5. The second-order valence-corrected chi connectivity index (χ2v) is 5.73.